The van der Waals surface area contributed by atoms with Gasteiger partial charge in [0.2, 0.25) is 0 Å². The maximum atomic E-state index is 10.7. The maximum Gasteiger partial charge on any atom is 0.333 e. The van der Waals surface area contributed by atoms with Gasteiger partial charge in [0, 0.05) is 18.6 Å². The molecule has 0 radical (unpaired) electrons. The average molecular weight is 385 g/mol. The van der Waals surface area contributed by atoms with E-state index in [2.05, 4.69) is 31.1 Å². The molecule has 1 heterocycles. The molecule has 28 heavy (non-hydrogen) atoms. The summed E-state index contributed by atoms with van der Waals surface area (Å²) in [6, 6.07) is 11.7. The number of nitrogens with zero attached hydrogens (tertiary/aromatic N) is 1. The summed E-state index contributed by atoms with van der Waals surface area (Å²) in [7, 11) is 0. The number of ether oxygens (including phenoxy) is 3. The Kier molecular flexibility index (Phi) is 17.6. The van der Waals surface area contributed by atoms with Gasteiger partial charge in [-0.1, -0.05) is 62.7 Å². The molecule has 0 amide bonds. The Morgan fingerprint density at radius 1 is 1.25 bits per heavy atom. The number of carbonyl (C=O) groups is 2. The van der Waals surface area contributed by atoms with E-state index in [1.807, 2.05) is 36.4 Å². The second-order valence-electron chi connectivity index (χ2n) is 5.06. The second kappa shape index (κ2) is 18.4. The van der Waals surface area contributed by atoms with E-state index in [0.29, 0.717) is 18.8 Å². The van der Waals surface area contributed by atoms with Crippen LogP contribution in [0, 0.1) is 11.3 Å². The fourth-order valence-electron chi connectivity index (χ4n) is 1.16. The van der Waals surface area contributed by atoms with Crippen molar-refractivity contribution in [3.05, 3.63) is 80.1 Å². The van der Waals surface area contributed by atoms with Crippen LogP contribution < -0.4 is 0 Å². The quantitative estimate of drug-likeness (QED) is 0.248. The summed E-state index contributed by atoms with van der Waals surface area (Å²) < 4.78 is 13.8. The third-order valence-electron chi connectivity index (χ3n) is 2.53. The Morgan fingerprint density at radius 2 is 1.79 bits per heavy atom. The normalized spacial score (nSPS) is 12.2. The molecule has 1 aromatic carbocycles. The molecule has 1 fully saturated rings. The molecule has 1 atom stereocenters. The summed E-state index contributed by atoms with van der Waals surface area (Å²) in [4.78, 5) is 20.4. The Hall–Kier alpha value is -3.43. The molecule has 150 valence electrons. The molecule has 6 heteroatoms. The number of allylic oxidation sites excluding steroid dienone is 1. The van der Waals surface area contributed by atoms with Gasteiger partial charge in [-0.25, -0.2) is 4.79 Å². The number of hydrogen-bond donors (Lipinski definition) is 0. The molecular formula is C22H27NO5. The van der Waals surface area contributed by atoms with Gasteiger partial charge in [0.1, 0.15) is 12.7 Å². The molecule has 1 aliphatic heterocycles. The molecule has 0 aromatic heterocycles. The molecule has 0 aliphatic carbocycles. The van der Waals surface area contributed by atoms with Gasteiger partial charge >= 0.3 is 11.9 Å². The summed E-state index contributed by atoms with van der Waals surface area (Å²) in [6.07, 6.45) is 4.26. The number of benzene rings is 1. The first-order valence-electron chi connectivity index (χ1n) is 8.22. The van der Waals surface area contributed by atoms with Gasteiger partial charge in [-0.15, -0.1) is 0 Å². The zero-order valence-corrected chi connectivity index (χ0v) is 16.4. The minimum atomic E-state index is -0.337. The van der Waals surface area contributed by atoms with E-state index in [9.17, 15) is 9.59 Å². The summed E-state index contributed by atoms with van der Waals surface area (Å²) in [5.74, 6) is -0.666. The monoisotopic (exact) mass is 385 g/mol. The molecule has 1 saturated heterocycles. The average Bonchev–Trinajstić information content (AvgIpc) is 3.52. The highest BCUT2D eigenvalue weighted by atomic mass is 16.6. The van der Waals surface area contributed by atoms with Crippen molar-refractivity contribution in [2.24, 2.45) is 0 Å². The zero-order valence-electron chi connectivity index (χ0n) is 16.4. The molecule has 2 rings (SSSR count). The standard InChI is InChI=1S/C8H8.C7H10O3.C4H6O2.C3H3N/c1-2-8-6-4-3-5-7-8;1-5(2)7(8)10-4-6-3-9-6;1-3-6-4(2)5;1-2-3-4/h2-7H,1H2;6H,1,3-4H2,2H3;3H,1H2,2H3;2H,1H2. The summed E-state index contributed by atoms with van der Waals surface area (Å²) in [5, 5.41) is 7.51. The lowest BCUT2D eigenvalue weighted by molar-refractivity contribution is -0.139. The predicted molar refractivity (Wildman–Crippen MR) is 110 cm³/mol. The topological polar surface area (TPSA) is 88.9 Å². The van der Waals surface area contributed by atoms with Gasteiger partial charge in [-0.2, -0.15) is 5.26 Å². The van der Waals surface area contributed by atoms with Crippen LogP contribution in [-0.4, -0.2) is 31.3 Å². The largest absolute Gasteiger partial charge is 0.459 e. The lowest BCUT2D eigenvalue weighted by Crippen LogP contribution is -2.09. The van der Waals surface area contributed by atoms with Crippen LogP contribution in [-0.2, 0) is 23.8 Å². The van der Waals surface area contributed by atoms with Gasteiger partial charge in [-0.3, -0.25) is 4.79 Å². The molecule has 1 aliphatic rings. The van der Waals surface area contributed by atoms with Crippen LogP contribution in [0.4, 0.5) is 0 Å². The molecule has 1 unspecified atom stereocenters. The summed E-state index contributed by atoms with van der Waals surface area (Å²) in [6.45, 7) is 17.4. The van der Waals surface area contributed by atoms with Crippen molar-refractivity contribution in [1.82, 2.24) is 0 Å². The van der Waals surface area contributed by atoms with Crippen molar-refractivity contribution < 1.29 is 23.8 Å². The zero-order chi connectivity index (χ0) is 21.8. The molecule has 0 N–H and O–H groups in total. The van der Waals surface area contributed by atoms with Crippen LogP contribution in [0.5, 0.6) is 0 Å². The number of rotatable bonds is 5. The number of carbonyl (C=O) groups excluding carboxylic acids is 2. The van der Waals surface area contributed by atoms with E-state index in [0.717, 1.165) is 6.26 Å². The van der Waals surface area contributed by atoms with Crippen molar-refractivity contribution >= 4 is 18.0 Å². The van der Waals surface area contributed by atoms with Crippen molar-refractivity contribution in [1.29, 1.82) is 5.26 Å². The highest BCUT2D eigenvalue weighted by Gasteiger charge is 2.24. The SMILES string of the molecule is C=C(C)C(=O)OCC1CO1.C=CC#N.C=COC(C)=O.C=Cc1ccccc1. The van der Waals surface area contributed by atoms with E-state index in [1.54, 1.807) is 13.0 Å². The highest BCUT2D eigenvalue weighted by molar-refractivity contribution is 5.86. The Morgan fingerprint density at radius 3 is 2.04 bits per heavy atom. The lowest BCUT2D eigenvalue weighted by Gasteiger charge is -1.99. The first-order valence-corrected chi connectivity index (χ1v) is 8.22. The van der Waals surface area contributed by atoms with Crippen LogP contribution >= 0.6 is 0 Å². The first-order chi connectivity index (χ1) is 13.3. The van der Waals surface area contributed by atoms with Gasteiger partial charge in [0.25, 0.3) is 0 Å². The van der Waals surface area contributed by atoms with Crippen LogP contribution in [0.25, 0.3) is 6.08 Å². The van der Waals surface area contributed by atoms with Gasteiger partial charge in [0.15, 0.2) is 0 Å². The summed E-state index contributed by atoms with van der Waals surface area (Å²) in [5.41, 5.74) is 1.60. The fourth-order valence-corrected chi connectivity index (χ4v) is 1.16. The highest BCUT2D eigenvalue weighted by Crippen LogP contribution is 2.09. The van der Waals surface area contributed by atoms with Gasteiger partial charge in [0.05, 0.1) is 18.9 Å². The molecule has 1 aromatic rings. The Bertz CT molecular complexity index is 670. The molecule has 0 saturated carbocycles. The molecular weight excluding hydrogens is 358 g/mol. The maximum absolute atomic E-state index is 10.7. The van der Waals surface area contributed by atoms with Crippen LogP contribution in [0.2, 0.25) is 0 Å². The van der Waals surface area contributed by atoms with Crippen LogP contribution in [0.1, 0.15) is 19.4 Å². The lowest BCUT2D eigenvalue weighted by atomic mass is 10.2. The fraction of sp³-hybridized carbons (Fsp3) is 0.227. The van der Waals surface area contributed by atoms with E-state index >= 15 is 0 Å². The Labute approximate surface area is 167 Å². The van der Waals surface area contributed by atoms with E-state index in [4.69, 9.17) is 14.7 Å². The van der Waals surface area contributed by atoms with Crippen LogP contribution in [0.3, 0.4) is 0 Å². The third-order valence-corrected chi connectivity index (χ3v) is 2.53. The van der Waals surface area contributed by atoms with E-state index in [-0.39, 0.29) is 18.0 Å². The van der Waals surface area contributed by atoms with E-state index in [1.165, 1.54) is 18.6 Å². The van der Waals surface area contributed by atoms with Crippen LogP contribution in [0.15, 0.2) is 74.6 Å². The minimum absolute atomic E-state index is 0.142. The second-order valence-corrected chi connectivity index (χ2v) is 5.06. The van der Waals surface area contributed by atoms with Crippen molar-refractivity contribution in [3.8, 4) is 6.07 Å². The number of epoxide rings is 1. The molecule has 6 nitrogen and oxygen atoms in total. The minimum Gasteiger partial charge on any atom is -0.459 e. The molecule has 0 bridgehead atoms. The summed E-state index contributed by atoms with van der Waals surface area (Å²) >= 11 is 0. The smallest absolute Gasteiger partial charge is 0.333 e. The van der Waals surface area contributed by atoms with Gasteiger partial charge in [-0.05, 0) is 12.5 Å². The number of esters is 2. The Balaban J connectivity index is 0. The van der Waals surface area contributed by atoms with E-state index < -0.39 is 0 Å². The number of nitriles is 1. The predicted octanol–water partition coefficient (Wildman–Crippen LogP) is 4.22. The van der Waals surface area contributed by atoms with Crippen molar-refractivity contribution in [3.63, 3.8) is 0 Å². The molecule has 0 spiro atoms. The first kappa shape index (κ1) is 26.8. The third kappa shape index (κ3) is 20.6. The van der Waals surface area contributed by atoms with Gasteiger partial charge < -0.3 is 14.2 Å². The van der Waals surface area contributed by atoms with Crippen molar-refractivity contribution in [2.45, 2.75) is 20.0 Å². The number of hydrogen-bond acceptors (Lipinski definition) is 6. The van der Waals surface area contributed by atoms with Crippen molar-refractivity contribution in [2.75, 3.05) is 13.2 Å².